The Morgan fingerprint density at radius 3 is 3.00 bits per heavy atom. The van der Waals surface area contributed by atoms with Gasteiger partial charge in [-0.2, -0.15) is 0 Å². The Morgan fingerprint density at radius 2 is 2.33 bits per heavy atom. The van der Waals surface area contributed by atoms with E-state index < -0.39 is 0 Å². The van der Waals surface area contributed by atoms with Crippen LogP contribution in [0.4, 0.5) is 0 Å². The third-order valence-electron chi connectivity index (χ3n) is 3.70. The van der Waals surface area contributed by atoms with Gasteiger partial charge in [-0.15, -0.1) is 0 Å². The van der Waals surface area contributed by atoms with Crippen LogP contribution in [0.1, 0.15) is 12.1 Å². The lowest BCUT2D eigenvalue weighted by atomic mass is 10.1. The Bertz CT molecular complexity index is 527. The summed E-state index contributed by atoms with van der Waals surface area (Å²) in [6.07, 6.45) is 6.92. The molecule has 96 valence electrons. The van der Waals surface area contributed by atoms with Crippen molar-refractivity contribution in [2.75, 3.05) is 20.1 Å². The van der Waals surface area contributed by atoms with Crippen molar-refractivity contribution in [3.63, 3.8) is 0 Å². The minimum absolute atomic E-state index is 0.724. The van der Waals surface area contributed by atoms with Crippen LogP contribution in [-0.2, 0) is 6.54 Å². The van der Waals surface area contributed by atoms with Gasteiger partial charge in [-0.1, -0.05) is 0 Å². The van der Waals surface area contributed by atoms with Crippen molar-refractivity contribution in [3.05, 3.63) is 24.4 Å². The zero-order valence-electron chi connectivity index (χ0n) is 10.9. The monoisotopic (exact) mass is 245 g/mol. The molecular weight excluding hydrogens is 226 g/mol. The number of nitrogens with zero attached hydrogens (tertiary/aromatic N) is 4. The molecule has 18 heavy (non-hydrogen) atoms. The highest BCUT2D eigenvalue weighted by atomic mass is 15.1. The van der Waals surface area contributed by atoms with Gasteiger partial charge in [0.25, 0.3) is 0 Å². The fourth-order valence-electron chi connectivity index (χ4n) is 2.71. The first-order valence-corrected chi connectivity index (χ1v) is 6.44. The van der Waals surface area contributed by atoms with E-state index in [1.807, 2.05) is 13.1 Å². The topological polar surface area (TPSA) is 49.7 Å². The molecule has 0 aromatic carbocycles. The van der Waals surface area contributed by atoms with Crippen molar-refractivity contribution in [2.24, 2.45) is 5.92 Å². The second kappa shape index (κ2) is 4.57. The number of imidazole rings is 2. The van der Waals surface area contributed by atoms with Crippen LogP contribution in [0.25, 0.3) is 11.5 Å². The molecular formula is C13H19N5. The molecule has 0 aliphatic carbocycles. The van der Waals surface area contributed by atoms with Gasteiger partial charge in [0.05, 0.1) is 6.33 Å². The number of hydrogen-bond acceptors (Lipinski definition) is 3. The third-order valence-corrected chi connectivity index (χ3v) is 3.70. The molecule has 0 spiro atoms. The summed E-state index contributed by atoms with van der Waals surface area (Å²) in [6.45, 7) is 5.45. The van der Waals surface area contributed by atoms with Crippen molar-refractivity contribution in [1.29, 1.82) is 0 Å². The normalized spacial score (nSPS) is 20.7. The lowest BCUT2D eigenvalue weighted by Crippen LogP contribution is -2.17. The quantitative estimate of drug-likeness (QED) is 0.892. The molecule has 5 heteroatoms. The number of hydrogen-bond donors (Lipinski definition) is 1. The van der Waals surface area contributed by atoms with Gasteiger partial charge in [-0.05, 0) is 32.9 Å². The first-order chi connectivity index (χ1) is 8.74. The van der Waals surface area contributed by atoms with Gasteiger partial charge in [0.15, 0.2) is 5.82 Å². The molecule has 0 radical (unpaired) electrons. The molecule has 2 aromatic heterocycles. The van der Waals surface area contributed by atoms with E-state index >= 15 is 0 Å². The number of rotatable bonds is 3. The number of aromatic amines is 1. The van der Waals surface area contributed by atoms with Gasteiger partial charge in [-0.3, -0.25) is 0 Å². The molecule has 1 atom stereocenters. The average Bonchev–Trinajstić information content (AvgIpc) is 3.02. The van der Waals surface area contributed by atoms with Crippen molar-refractivity contribution in [2.45, 2.75) is 19.9 Å². The number of aromatic nitrogens is 4. The van der Waals surface area contributed by atoms with Gasteiger partial charge in [0, 0.05) is 31.2 Å². The predicted molar refractivity (Wildman–Crippen MR) is 70.1 cm³/mol. The van der Waals surface area contributed by atoms with Gasteiger partial charge in [0.2, 0.25) is 0 Å². The van der Waals surface area contributed by atoms with Crippen molar-refractivity contribution in [1.82, 2.24) is 24.4 Å². The maximum absolute atomic E-state index is 4.45. The zero-order valence-corrected chi connectivity index (χ0v) is 10.9. The van der Waals surface area contributed by atoms with Gasteiger partial charge >= 0.3 is 0 Å². The molecule has 3 heterocycles. The van der Waals surface area contributed by atoms with Gasteiger partial charge in [-0.25, -0.2) is 9.97 Å². The minimum Gasteiger partial charge on any atom is -0.348 e. The summed E-state index contributed by atoms with van der Waals surface area (Å²) in [4.78, 5) is 14.3. The molecule has 2 aromatic rings. The molecule has 0 bridgehead atoms. The second-order valence-corrected chi connectivity index (χ2v) is 5.20. The summed E-state index contributed by atoms with van der Waals surface area (Å²) >= 11 is 0. The van der Waals surface area contributed by atoms with E-state index in [-0.39, 0.29) is 0 Å². The largest absolute Gasteiger partial charge is 0.348 e. The van der Waals surface area contributed by atoms with Crippen LogP contribution in [-0.4, -0.2) is 44.6 Å². The Labute approximate surface area is 107 Å². The summed E-state index contributed by atoms with van der Waals surface area (Å²) < 4.78 is 2.23. The minimum atomic E-state index is 0.724. The van der Waals surface area contributed by atoms with Crippen LogP contribution in [0.5, 0.6) is 0 Å². The molecule has 0 amide bonds. The maximum atomic E-state index is 4.45. The van der Waals surface area contributed by atoms with E-state index in [1.54, 1.807) is 6.33 Å². The summed E-state index contributed by atoms with van der Waals surface area (Å²) in [5, 5.41) is 0. The second-order valence-electron chi connectivity index (χ2n) is 5.20. The molecule has 5 nitrogen and oxygen atoms in total. The molecule has 1 N–H and O–H groups in total. The number of H-pyrrole nitrogens is 1. The fraction of sp³-hybridized carbons (Fsp3) is 0.538. The smallest absolute Gasteiger partial charge is 0.160 e. The average molecular weight is 245 g/mol. The predicted octanol–water partition coefficient (Wildman–Crippen LogP) is 1.53. The lowest BCUT2D eigenvalue weighted by Gasteiger charge is -2.13. The van der Waals surface area contributed by atoms with E-state index in [4.69, 9.17) is 0 Å². The highest BCUT2D eigenvalue weighted by Gasteiger charge is 2.21. The fourth-order valence-corrected chi connectivity index (χ4v) is 2.71. The van der Waals surface area contributed by atoms with Gasteiger partial charge < -0.3 is 14.5 Å². The Balaban J connectivity index is 1.82. The first kappa shape index (κ1) is 11.5. The Hall–Kier alpha value is -1.62. The molecule has 1 saturated heterocycles. The van der Waals surface area contributed by atoms with E-state index in [2.05, 4.69) is 37.7 Å². The highest BCUT2D eigenvalue weighted by Crippen LogP contribution is 2.22. The summed E-state index contributed by atoms with van der Waals surface area (Å²) in [6, 6.07) is 0. The van der Waals surface area contributed by atoms with Gasteiger partial charge in [0.1, 0.15) is 5.69 Å². The molecule has 1 fully saturated rings. The Morgan fingerprint density at radius 1 is 1.44 bits per heavy atom. The summed E-state index contributed by atoms with van der Waals surface area (Å²) in [7, 11) is 2.19. The van der Waals surface area contributed by atoms with Crippen LogP contribution in [0.2, 0.25) is 0 Å². The van der Waals surface area contributed by atoms with Crippen LogP contribution in [0, 0.1) is 12.8 Å². The molecule has 3 rings (SSSR count). The van der Waals surface area contributed by atoms with Crippen LogP contribution in [0.15, 0.2) is 18.7 Å². The molecule has 1 aliphatic heterocycles. The lowest BCUT2D eigenvalue weighted by molar-refractivity contribution is 0.378. The zero-order chi connectivity index (χ0) is 12.5. The number of likely N-dealkylation sites (tertiary alicyclic amines) is 1. The van der Waals surface area contributed by atoms with E-state index in [1.165, 1.54) is 19.5 Å². The van der Waals surface area contributed by atoms with E-state index in [0.29, 0.717) is 0 Å². The Kier molecular flexibility index (Phi) is 2.91. The number of nitrogens with one attached hydrogen (secondary N) is 1. The van der Waals surface area contributed by atoms with Crippen molar-refractivity contribution >= 4 is 0 Å². The molecule has 1 aliphatic rings. The first-order valence-electron chi connectivity index (χ1n) is 6.44. The van der Waals surface area contributed by atoms with Crippen LogP contribution >= 0.6 is 0 Å². The summed E-state index contributed by atoms with van der Waals surface area (Å²) in [5.41, 5.74) is 2.04. The summed E-state index contributed by atoms with van der Waals surface area (Å²) in [5.74, 6) is 1.70. The standard InChI is InChI=1S/C13H19N5/c1-10-12(16-9-15-10)13-14-4-6-18(13)8-11-3-5-17(2)7-11/h4,6,9,11H,3,5,7-8H2,1-2H3,(H,15,16). The SMILES string of the molecule is Cc1[nH]cnc1-c1nccn1CC1CCN(C)C1. The molecule has 0 saturated carbocycles. The third kappa shape index (κ3) is 2.06. The van der Waals surface area contributed by atoms with Crippen molar-refractivity contribution < 1.29 is 0 Å². The van der Waals surface area contributed by atoms with Crippen molar-refractivity contribution in [3.8, 4) is 11.5 Å². The van der Waals surface area contributed by atoms with E-state index in [9.17, 15) is 0 Å². The van der Waals surface area contributed by atoms with Crippen LogP contribution < -0.4 is 0 Å². The van der Waals surface area contributed by atoms with E-state index in [0.717, 1.165) is 29.7 Å². The number of aryl methyl sites for hydroxylation is 1. The van der Waals surface area contributed by atoms with Crippen LogP contribution in [0.3, 0.4) is 0 Å². The molecule has 1 unspecified atom stereocenters. The highest BCUT2D eigenvalue weighted by molar-refractivity contribution is 5.52. The maximum Gasteiger partial charge on any atom is 0.160 e.